The first-order chi connectivity index (χ1) is 38.7. The number of hydrogen-bond acceptors (Lipinski definition) is 17. The maximum Gasteiger partial charge on any atom is 1.00 e. The van der Waals surface area contributed by atoms with E-state index in [1.165, 1.54) is 42.2 Å². The predicted octanol–water partition coefficient (Wildman–Crippen LogP) is 7.62. The maximum absolute atomic E-state index is 11.9. The summed E-state index contributed by atoms with van der Waals surface area (Å²) in [5.41, 5.74) is 4.20. The molecule has 4 aromatic heterocycles. The molecule has 1 aliphatic heterocycles. The number of hydrogen-bond donors (Lipinski definition) is 1. The van der Waals surface area contributed by atoms with Crippen molar-refractivity contribution in [1.29, 1.82) is 0 Å². The normalized spacial score (nSPS) is 11.3. The molecule has 19 nitrogen and oxygen atoms in total. The van der Waals surface area contributed by atoms with Crippen LogP contribution in [0.25, 0.3) is 10.7 Å². The molecule has 2 N–H and O–H groups in total. The topological polar surface area (TPSA) is 274 Å². The molecule has 5 heterocycles. The minimum Gasteiger partial charge on any atom is -0.870 e. The molecule has 0 amide bonds. The molecule has 0 aliphatic carbocycles. The van der Waals surface area contributed by atoms with Crippen LogP contribution in [0.5, 0.6) is 0 Å². The minimum absolute atomic E-state index is 0. The van der Waals surface area contributed by atoms with Gasteiger partial charge in [0.05, 0.1) is 39.2 Å². The summed E-state index contributed by atoms with van der Waals surface area (Å²) in [5.74, 6) is -1.58. The number of carboxylic acids is 1. The monoisotopic (exact) mass is 1240 g/mol. The number of nitrogens with zero attached hydrogens (tertiary/aromatic N) is 5. The molecule has 4 aromatic rings. The minimum atomic E-state index is -3.09. The summed E-state index contributed by atoms with van der Waals surface area (Å²) < 4.78 is 46.0. The zero-order chi connectivity index (χ0) is 60.9. The Hall–Kier alpha value is -3.93. The molecular formula is C60H96KLiN5O14PSi2. The Balaban J connectivity index is -0.000000217. The number of aryl methyl sites for hydroxylation is 2. The van der Waals surface area contributed by atoms with Crippen molar-refractivity contribution in [2.45, 2.75) is 138 Å². The molecule has 1 saturated heterocycles. The van der Waals surface area contributed by atoms with Crippen LogP contribution in [-0.2, 0) is 64.6 Å². The zero-order valence-corrected chi connectivity index (χ0v) is 58.5. The number of carboxylic acid groups (broad SMARTS) is 1. The third-order valence-electron chi connectivity index (χ3n) is 9.49. The van der Waals surface area contributed by atoms with E-state index in [0.29, 0.717) is 45.0 Å². The van der Waals surface area contributed by atoms with Gasteiger partial charge >= 0.3 is 102 Å². The van der Waals surface area contributed by atoms with Crippen molar-refractivity contribution in [3.8, 4) is 0 Å². The fraction of sp³-hybridized carbons (Fsp3) is 0.483. The van der Waals surface area contributed by atoms with Crippen LogP contribution in [0, 0.1) is 0 Å². The van der Waals surface area contributed by atoms with Crippen LogP contribution in [0.15, 0.2) is 128 Å². The largest absolute Gasteiger partial charge is 1.00 e. The van der Waals surface area contributed by atoms with E-state index in [0.717, 1.165) is 63.6 Å². The second-order valence-corrected chi connectivity index (χ2v) is 30.7. The number of esters is 3. The molecule has 0 aromatic carbocycles. The molecule has 0 spiro atoms. The number of carbonyl (C=O) groups is 5. The van der Waals surface area contributed by atoms with Crippen LogP contribution in [0.2, 0.25) is 39.3 Å². The van der Waals surface area contributed by atoms with Crippen LogP contribution in [-0.4, -0.2) is 130 Å². The maximum atomic E-state index is 11.9. The van der Waals surface area contributed by atoms with Crippen LogP contribution >= 0.6 is 7.60 Å². The smallest absolute Gasteiger partial charge is 0.870 e. The van der Waals surface area contributed by atoms with Gasteiger partial charge in [-0.1, -0.05) is 80.1 Å². The van der Waals surface area contributed by atoms with Crippen molar-refractivity contribution in [2.75, 3.05) is 52.4 Å². The quantitative estimate of drug-likeness (QED) is 0.00925. The number of ether oxygens (including phenoxy) is 4. The Morgan fingerprint density at radius 2 is 1.01 bits per heavy atom. The van der Waals surface area contributed by atoms with Gasteiger partial charge in [0.1, 0.15) is 6.29 Å². The van der Waals surface area contributed by atoms with Gasteiger partial charge in [-0.05, 0) is 151 Å². The van der Waals surface area contributed by atoms with Crippen molar-refractivity contribution < 1.29 is 139 Å². The second-order valence-electron chi connectivity index (χ2n) is 19.0. The third-order valence-corrected chi connectivity index (χ3v) is 16.8. The first-order valence-corrected chi connectivity index (χ1v) is 36.2. The van der Waals surface area contributed by atoms with E-state index < -0.39 is 36.0 Å². The van der Waals surface area contributed by atoms with Crippen LogP contribution in [0.3, 0.4) is 0 Å². The Morgan fingerprint density at radius 3 is 1.36 bits per heavy atom. The number of rotatable bonds is 26. The first kappa shape index (κ1) is 88.8. The molecule has 1 aliphatic rings. The summed E-state index contributed by atoms with van der Waals surface area (Å²) in [6, 6.07) is 15.0. The summed E-state index contributed by atoms with van der Waals surface area (Å²) in [5, 5.41) is 8.40. The molecule has 0 unspecified atom stereocenters. The second kappa shape index (κ2) is 59.4. The molecule has 24 heteroatoms. The standard InChI is InChI=1S/C12H17NO2.C12H13NO2.C10H13NO2.C10H19O5P.C6H5NO.C6H18NSi2.C4H8O.K.Li.H2O.H2/c2*1-2-15-12(14)6-4-3-5-11-7-9-13-10-8-11;12-10(13)4-2-1-3-9-5-7-11-8-6-9;1-4-13-10(11)8-7-9-16(12,14-5-2)15-6-3;8-5-6-1-3-7-4-2-6;1-8(2,3)7-9(4,5)6;1-2-4-5-3-1;;;;/h7-10H,2-6H2,1H3;3-10H,2H2,1H3;5-8H,1-4H2,(H,12,13);7-8H,4-6,9H2,1-3H3;1-5H;1-6H3;1-4H2;;;1H2;1H/q;;;;;-1;;2*+1;;/p-1/b;5-3+,6-4+;;8-7+;;;;;;;. The average molecular weight is 1240 g/mol. The van der Waals surface area contributed by atoms with E-state index in [2.05, 4.69) is 64.0 Å². The summed E-state index contributed by atoms with van der Waals surface area (Å²) in [4.78, 5) is 68.6. The number of aromatic nitrogens is 4. The van der Waals surface area contributed by atoms with Crippen LogP contribution in [0.4, 0.5) is 0 Å². The molecule has 0 bridgehead atoms. The Kier molecular flexibility index (Phi) is 62.8. The van der Waals surface area contributed by atoms with Gasteiger partial charge in [-0.25, -0.2) is 9.59 Å². The van der Waals surface area contributed by atoms with Gasteiger partial charge in [-0.2, -0.15) is 0 Å². The Bertz CT molecular complexity index is 2330. The van der Waals surface area contributed by atoms with E-state index in [-0.39, 0.29) is 102 Å². The number of pyridine rings is 4. The molecule has 1 fully saturated rings. The average Bonchev–Trinajstić information content (AvgIpc) is 4.07. The van der Waals surface area contributed by atoms with Gasteiger partial charge < -0.3 is 43.2 Å². The van der Waals surface area contributed by atoms with E-state index >= 15 is 0 Å². The van der Waals surface area contributed by atoms with Crippen molar-refractivity contribution in [3.63, 3.8) is 0 Å². The Morgan fingerprint density at radius 1 is 0.607 bits per heavy atom. The summed E-state index contributed by atoms with van der Waals surface area (Å²) >= 11 is 0. The molecule has 84 heavy (non-hydrogen) atoms. The summed E-state index contributed by atoms with van der Waals surface area (Å²) in [7, 11) is -5.30. The number of carbonyl (C=O) groups excluding carboxylic acids is 4. The third kappa shape index (κ3) is 62.6. The molecule has 0 atom stereocenters. The number of aldehydes is 1. The zero-order valence-electron chi connectivity index (χ0n) is 52.5. The van der Waals surface area contributed by atoms with Crippen molar-refractivity contribution in [2.24, 2.45) is 0 Å². The molecule has 5 rings (SSSR count). The van der Waals surface area contributed by atoms with Crippen molar-refractivity contribution >= 4 is 60.3 Å². The SMILES string of the molecule is C1CCOC1.CCOC(=O)/C=C/C=C/c1ccncc1.CCOC(=O)/C=C/CP(=O)(OCC)OCC.CCOC(=O)CCCCc1ccncc1.C[Si](C)(C)[N-][Si](C)(C)C.O=C(O)CCCCc1ccncc1.O=Cc1ccncc1.[HH].[K+].[Li+].[OH-]. The number of allylic oxidation sites excluding steroid dienone is 3. The first-order valence-electron chi connectivity index (χ1n) is 27.6. The van der Waals surface area contributed by atoms with Gasteiger partial charge in [0.2, 0.25) is 0 Å². The fourth-order valence-corrected chi connectivity index (χ4v) is 16.0. The predicted molar refractivity (Wildman–Crippen MR) is 332 cm³/mol. The molecular weight excluding hydrogens is 1150 g/mol. The number of unbranched alkanes of at least 4 members (excludes halogenated alkanes) is 2. The van der Waals surface area contributed by atoms with E-state index in [9.17, 15) is 28.5 Å². The van der Waals surface area contributed by atoms with Gasteiger partial charge in [0.15, 0.2) is 0 Å². The van der Waals surface area contributed by atoms with E-state index in [1.54, 1.807) is 102 Å². The Labute approximate surface area is 559 Å². The summed E-state index contributed by atoms with van der Waals surface area (Å²) in [6.45, 7) is 26.4. The van der Waals surface area contributed by atoms with Gasteiger partial charge in [-0.3, -0.25) is 38.9 Å². The van der Waals surface area contributed by atoms with Gasteiger partial charge in [0.25, 0.3) is 0 Å². The molecule has 460 valence electrons. The number of aliphatic carboxylic acids is 1. The molecule has 0 saturated carbocycles. The fourth-order valence-electron chi connectivity index (χ4n) is 6.46. The van der Waals surface area contributed by atoms with Gasteiger partial charge in [0, 0.05) is 94.8 Å². The van der Waals surface area contributed by atoms with Crippen molar-refractivity contribution in [1.82, 2.24) is 19.9 Å². The molecule has 0 radical (unpaired) electrons. The van der Waals surface area contributed by atoms with E-state index in [4.69, 9.17) is 33.0 Å². The summed E-state index contributed by atoms with van der Waals surface area (Å²) in [6.07, 6.45) is 32.8. The van der Waals surface area contributed by atoms with Gasteiger partial charge in [-0.15, -0.1) is 0 Å². The van der Waals surface area contributed by atoms with Crippen LogP contribution in [0.1, 0.15) is 114 Å². The van der Waals surface area contributed by atoms with Crippen molar-refractivity contribution in [3.05, 3.63) is 155 Å². The van der Waals surface area contributed by atoms with Crippen LogP contribution < -0.4 is 70.2 Å². The van der Waals surface area contributed by atoms with E-state index in [1.807, 2.05) is 49.4 Å².